The van der Waals surface area contributed by atoms with Crippen LogP contribution in [0.1, 0.15) is 5.69 Å². The molecule has 18 heavy (non-hydrogen) atoms. The second-order valence-corrected chi connectivity index (χ2v) is 4.40. The summed E-state index contributed by atoms with van der Waals surface area (Å²) < 4.78 is 5.45. The first-order valence-electron chi connectivity index (χ1n) is 5.68. The van der Waals surface area contributed by atoms with Crippen LogP contribution in [0.25, 0.3) is 0 Å². The zero-order valence-corrected chi connectivity index (χ0v) is 11.5. The van der Waals surface area contributed by atoms with Crippen molar-refractivity contribution in [3.8, 4) is 0 Å². The fourth-order valence-electron chi connectivity index (χ4n) is 1.24. The summed E-state index contributed by atoms with van der Waals surface area (Å²) in [6.45, 7) is 2.85. The monoisotopic (exact) mass is 269 g/mol. The Balaban J connectivity index is 2.29. The Hall–Kier alpha value is -1.31. The summed E-state index contributed by atoms with van der Waals surface area (Å²) in [5, 5.41) is 3.10. The zero-order valence-electron chi connectivity index (χ0n) is 10.7. The molecular formula is C11H19N5OS. The standard InChI is InChI=1S/C11H19N5OS/c1-16(2)6-8-17-7-5-15-11-9(10(12)18)13-3-4-14-11/h3-4H,5-8H2,1-2H3,(H2,12,18)(H,14,15). The highest BCUT2D eigenvalue weighted by Gasteiger charge is 2.06. The number of likely N-dealkylation sites (N-methyl/N-ethyl adjacent to an activating group) is 1. The number of nitrogens with one attached hydrogen (secondary N) is 1. The molecule has 0 aliphatic heterocycles. The number of thiocarbonyl (C=S) groups is 1. The van der Waals surface area contributed by atoms with Crippen LogP contribution in [0.3, 0.4) is 0 Å². The third kappa shape index (κ3) is 5.35. The molecule has 1 aromatic heterocycles. The lowest BCUT2D eigenvalue weighted by Gasteiger charge is -2.11. The summed E-state index contributed by atoms with van der Waals surface area (Å²) in [7, 11) is 4.02. The molecular weight excluding hydrogens is 250 g/mol. The van der Waals surface area contributed by atoms with Gasteiger partial charge in [-0.3, -0.25) is 0 Å². The average molecular weight is 269 g/mol. The van der Waals surface area contributed by atoms with Gasteiger partial charge in [0.1, 0.15) is 10.7 Å². The minimum atomic E-state index is 0.235. The number of rotatable bonds is 8. The first-order chi connectivity index (χ1) is 8.61. The van der Waals surface area contributed by atoms with Gasteiger partial charge >= 0.3 is 0 Å². The lowest BCUT2D eigenvalue weighted by atomic mass is 10.4. The van der Waals surface area contributed by atoms with E-state index >= 15 is 0 Å². The van der Waals surface area contributed by atoms with E-state index in [1.54, 1.807) is 12.4 Å². The van der Waals surface area contributed by atoms with Crippen molar-refractivity contribution in [3.05, 3.63) is 18.1 Å². The Bertz CT molecular complexity index is 385. The lowest BCUT2D eigenvalue weighted by Crippen LogP contribution is -2.21. The van der Waals surface area contributed by atoms with Crippen LogP contribution in [0, 0.1) is 0 Å². The summed E-state index contributed by atoms with van der Waals surface area (Å²) in [4.78, 5) is 10.5. The van der Waals surface area contributed by atoms with Crippen molar-refractivity contribution in [2.45, 2.75) is 0 Å². The highest BCUT2D eigenvalue weighted by Crippen LogP contribution is 2.06. The molecule has 0 aliphatic rings. The van der Waals surface area contributed by atoms with E-state index in [-0.39, 0.29) is 4.99 Å². The van der Waals surface area contributed by atoms with E-state index in [1.165, 1.54) is 0 Å². The normalized spacial score (nSPS) is 10.6. The quantitative estimate of drug-likeness (QED) is 0.512. The Labute approximate surface area is 113 Å². The highest BCUT2D eigenvalue weighted by atomic mass is 32.1. The molecule has 0 spiro atoms. The topological polar surface area (TPSA) is 76.3 Å². The van der Waals surface area contributed by atoms with Crippen molar-refractivity contribution in [2.24, 2.45) is 5.73 Å². The molecule has 0 amide bonds. The summed E-state index contributed by atoms with van der Waals surface area (Å²) in [6.07, 6.45) is 3.16. The molecule has 0 atom stereocenters. The number of nitrogens with zero attached hydrogens (tertiary/aromatic N) is 3. The maximum atomic E-state index is 5.55. The summed E-state index contributed by atoms with van der Waals surface area (Å²) in [5.41, 5.74) is 6.07. The molecule has 3 N–H and O–H groups in total. The van der Waals surface area contributed by atoms with Crippen molar-refractivity contribution in [3.63, 3.8) is 0 Å². The van der Waals surface area contributed by atoms with Crippen molar-refractivity contribution < 1.29 is 4.74 Å². The molecule has 0 saturated carbocycles. The summed E-state index contributed by atoms with van der Waals surface area (Å²) in [5.74, 6) is 0.598. The van der Waals surface area contributed by atoms with Gasteiger partial charge in [0.2, 0.25) is 0 Å². The number of ether oxygens (including phenoxy) is 1. The highest BCUT2D eigenvalue weighted by molar-refractivity contribution is 7.80. The predicted molar refractivity (Wildman–Crippen MR) is 75.8 cm³/mol. The Morgan fingerprint density at radius 2 is 2.11 bits per heavy atom. The fraction of sp³-hybridized carbons (Fsp3) is 0.545. The van der Waals surface area contributed by atoms with Crippen LogP contribution in [0.15, 0.2) is 12.4 Å². The van der Waals surface area contributed by atoms with Crippen molar-refractivity contribution >= 4 is 23.0 Å². The first-order valence-corrected chi connectivity index (χ1v) is 6.09. The summed E-state index contributed by atoms with van der Waals surface area (Å²) >= 11 is 4.90. The molecule has 0 unspecified atom stereocenters. The molecule has 1 aromatic rings. The Morgan fingerprint density at radius 3 is 2.78 bits per heavy atom. The van der Waals surface area contributed by atoms with Gasteiger partial charge in [0.25, 0.3) is 0 Å². The van der Waals surface area contributed by atoms with E-state index < -0.39 is 0 Å². The van der Waals surface area contributed by atoms with E-state index in [9.17, 15) is 0 Å². The first kappa shape index (κ1) is 14.7. The molecule has 0 fully saturated rings. The third-order valence-electron chi connectivity index (χ3n) is 2.15. The second kappa shape index (κ2) is 7.91. The molecule has 7 heteroatoms. The van der Waals surface area contributed by atoms with Crippen LogP contribution in [-0.4, -0.2) is 60.3 Å². The molecule has 6 nitrogen and oxygen atoms in total. The molecule has 0 aromatic carbocycles. The van der Waals surface area contributed by atoms with E-state index in [0.717, 1.165) is 6.54 Å². The third-order valence-corrected chi connectivity index (χ3v) is 2.35. The fourth-order valence-corrected chi connectivity index (χ4v) is 1.39. The van der Waals surface area contributed by atoms with Gasteiger partial charge in [-0.15, -0.1) is 0 Å². The molecule has 0 radical (unpaired) electrons. The van der Waals surface area contributed by atoms with Crippen LogP contribution in [-0.2, 0) is 4.74 Å². The lowest BCUT2D eigenvalue weighted by molar-refractivity contribution is 0.126. The van der Waals surface area contributed by atoms with E-state index in [4.69, 9.17) is 22.7 Å². The average Bonchev–Trinajstić information content (AvgIpc) is 2.33. The van der Waals surface area contributed by atoms with Crippen LogP contribution < -0.4 is 11.1 Å². The van der Waals surface area contributed by atoms with Gasteiger partial charge in [0.05, 0.1) is 13.2 Å². The van der Waals surface area contributed by atoms with Gasteiger partial charge in [-0.05, 0) is 14.1 Å². The SMILES string of the molecule is CN(C)CCOCCNc1nccnc1C(N)=S. The Morgan fingerprint density at radius 1 is 1.39 bits per heavy atom. The van der Waals surface area contributed by atoms with Gasteiger partial charge in [-0.1, -0.05) is 12.2 Å². The minimum Gasteiger partial charge on any atom is -0.388 e. The van der Waals surface area contributed by atoms with Gasteiger partial charge in [0, 0.05) is 25.5 Å². The van der Waals surface area contributed by atoms with Gasteiger partial charge in [-0.2, -0.15) is 0 Å². The second-order valence-electron chi connectivity index (χ2n) is 3.96. The molecule has 100 valence electrons. The number of hydrogen-bond acceptors (Lipinski definition) is 6. The maximum absolute atomic E-state index is 5.55. The van der Waals surface area contributed by atoms with Crippen LogP contribution in [0.5, 0.6) is 0 Å². The predicted octanol–water partition coefficient (Wildman–Crippen LogP) is 0.101. The van der Waals surface area contributed by atoms with Crippen molar-refractivity contribution in [2.75, 3.05) is 45.7 Å². The number of aromatic nitrogens is 2. The summed E-state index contributed by atoms with van der Waals surface area (Å²) in [6, 6.07) is 0. The number of nitrogens with two attached hydrogens (primary N) is 1. The van der Waals surface area contributed by atoms with Crippen molar-refractivity contribution in [1.29, 1.82) is 0 Å². The van der Waals surface area contributed by atoms with Gasteiger partial charge < -0.3 is 20.7 Å². The van der Waals surface area contributed by atoms with E-state index in [2.05, 4.69) is 20.2 Å². The molecule has 0 saturated heterocycles. The minimum absolute atomic E-state index is 0.235. The zero-order chi connectivity index (χ0) is 13.4. The number of anilines is 1. The smallest absolute Gasteiger partial charge is 0.155 e. The number of hydrogen-bond donors (Lipinski definition) is 2. The van der Waals surface area contributed by atoms with Crippen LogP contribution in [0.2, 0.25) is 0 Å². The van der Waals surface area contributed by atoms with Crippen molar-refractivity contribution in [1.82, 2.24) is 14.9 Å². The molecule has 1 rings (SSSR count). The molecule has 0 aliphatic carbocycles. The largest absolute Gasteiger partial charge is 0.388 e. The van der Waals surface area contributed by atoms with Gasteiger partial charge in [-0.25, -0.2) is 9.97 Å². The van der Waals surface area contributed by atoms with Gasteiger partial charge in [0.15, 0.2) is 5.82 Å². The molecule has 0 bridgehead atoms. The Kier molecular flexibility index (Phi) is 6.48. The maximum Gasteiger partial charge on any atom is 0.155 e. The van der Waals surface area contributed by atoms with Crippen LogP contribution >= 0.6 is 12.2 Å². The molecule has 1 heterocycles. The van der Waals surface area contributed by atoms with Crippen LogP contribution in [0.4, 0.5) is 5.82 Å². The van der Waals surface area contributed by atoms with E-state index in [0.29, 0.717) is 31.3 Å². The van der Waals surface area contributed by atoms with E-state index in [1.807, 2.05) is 14.1 Å².